The van der Waals surface area contributed by atoms with Crippen LogP contribution in [0.25, 0.3) is 0 Å². The summed E-state index contributed by atoms with van der Waals surface area (Å²) in [6.45, 7) is 1.31. The van der Waals surface area contributed by atoms with Gasteiger partial charge in [0.05, 0.1) is 12.7 Å². The first-order valence-electron chi connectivity index (χ1n) is 5.68. The molecule has 5 heteroatoms. The maximum Gasteiger partial charge on any atom is 0.254 e. The number of rotatable bonds is 6. The number of carbonyl (C=O) groups excluding carboxylic acids is 1. The summed E-state index contributed by atoms with van der Waals surface area (Å²) in [5.41, 5.74) is 0.606. The second kappa shape index (κ2) is 7.38. The highest BCUT2D eigenvalue weighted by molar-refractivity contribution is 9.10. The third kappa shape index (κ3) is 3.99. The molecule has 1 rings (SSSR count). The number of hydrogen-bond acceptors (Lipinski definition) is 3. The van der Waals surface area contributed by atoms with Gasteiger partial charge in [-0.05, 0) is 40.5 Å². The SMILES string of the molecule is COCCCN(C)C(=O)c1cc(OC)ccc1Br. The third-order valence-corrected chi connectivity index (χ3v) is 3.28. The molecule has 0 atom stereocenters. The van der Waals surface area contributed by atoms with Crippen molar-refractivity contribution in [3.05, 3.63) is 28.2 Å². The second-order valence-corrected chi connectivity index (χ2v) is 4.77. The van der Waals surface area contributed by atoms with Gasteiger partial charge in [-0.1, -0.05) is 0 Å². The van der Waals surface area contributed by atoms with E-state index in [1.807, 2.05) is 12.1 Å². The summed E-state index contributed by atoms with van der Waals surface area (Å²) in [5, 5.41) is 0. The van der Waals surface area contributed by atoms with Gasteiger partial charge in [-0.3, -0.25) is 4.79 Å². The fourth-order valence-electron chi connectivity index (χ4n) is 1.55. The van der Waals surface area contributed by atoms with Crippen LogP contribution in [0.4, 0.5) is 0 Å². The molecule has 0 aromatic heterocycles. The van der Waals surface area contributed by atoms with E-state index >= 15 is 0 Å². The Balaban J connectivity index is 2.76. The average molecular weight is 316 g/mol. The number of benzene rings is 1. The molecule has 0 heterocycles. The van der Waals surface area contributed by atoms with Crippen LogP contribution in [-0.2, 0) is 4.74 Å². The van der Waals surface area contributed by atoms with Gasteiger partial charge in [0, 0.05) is 31.8 Å². The van der Waals surface area contributed by atoms with Gasteiger partial charge in [-0.15, -0.1) is 0 Å². The second-order valence-electron chi connectivity index (χ2n) is 3.92. The van der Waals surface area contributed by atoms with Gasteiger partial charge in [0.1, 0.15) is 5.75 Å². The summed E-state index contributed by atoms with van der Waals surface area (Å²) in [6, 6.07) is 5.36. The van der Waals surface area contributed by atoms with E-state index < -0.39 is 0 Å². The Morgan fingerprint density at radius 1 is 1.39 bits per heavy atom. The molecular weight excluding hydrogens is 298 g/mol. The van der Waals surface area contributed by atoms with Crippen molar-refractivity contribution < 1.29 is 14.3 Å². The van der Waals surface area contributed by atoms with E-state index in [0.29, 0.717) is 24.5 Å². The molecule has 1 aromatic carbocycles. The number of nitrogens with zero attached hydrogens (tertiary/aromatic N) is 1. The molecule has 0 aliphatic carbocycles. The molecule has 100 valence electrons. The number of halogens is 1. The third-order valence-electron chi connectivity index (χ3n) is 2.59. The highest BCUT2D eigenvalue weighted by Gasteiger charge is 2.15. The summed E-state index contributed by atoms with van der Waals surface area (Å²) < 4.78 is 10.9. The van der Waals surface area contributed by atoms with E-state index in [9.17, 15) is 4.79 Å². The van der Waals surface area contributed by atoms with Crippen LogP contribution in [0.3, 0.4) is 0 Å². The molecule has 0 radical (unpaired) electrons. The molecular formula is C13H18BrNO3. The summed E-state index contributed by atoms with van der Waals surface area (Å²) in [7, 11) is 5.02. The van der Waals surface area contributed by atoms with Gasteiger partial charge in [0.25, 0.3) is 5.91 Å². The molecule has 18 heavy (non-hydrogen) atoms. The minimum atomic E-state index is -0.0307. The van der Waals surface area contributed by atoms with Gasteiger partial charge >= 0.3 is 0 Å². The van der Waals surface area contributed by atoms with Crippen LogP contribution in [0.15, 0.2) is 22.7 Å². The summed E-state index contributed by atoms with van der Waals surface area (Å²) >= 11 is 3.38. The van der Waals surface area contributed by atoms with Crippen LogP contribution in [0.2, 0.25) is 0 Å². The van der Waals surface area contributed by atoms with Gasteiger partial charge in [0.2, 0.25) is 0 Å². The minimum absolute atomic E-state index is 0.0307. The van der Waals surface area contributed by atoms with E-state index in [4.69, 9.17) is 9.47 Å². The van der Waals surface area contributed by atoms with Gasteiger partial charge in [0.15, 0.2) is 0 Å². The molecule has 0 N–H and O–H groups in total. The zero-order valence-corrected chi connectivity index (χ0v) is 12.5. The number of amides is 1. The molecule has 0 bridgehead atoms. The smallest absolute Gasteiger partial charge is 0.254 e. The first kappa shape index (κ1) is 15.0. The quantitative estimate of drug-likeness (QED) is 0.757. The molecule has 0 spiro atoms. The fraction of sp³-hybridized carbons (Fsp3) is 0.462. The Morgan fingerprint density at radius 2 is 2.11 bits per heavy atom. The summed E-state index contributed by atoms with van der Waals surface area (Å²) in [6.07, 6.45) is 0.820. The van der Waals surface area contributed by atoms with E-state index in [2.05, 4.69) is 15.9 Å². The summed E-state index contributed by atoms with van der Waals surface area (Å²) in [5.74, 6) is 0.642. The van der Waals surface area contributed by atoms with Crippen molar-refractivity contribution in [1.82, 2.24) is 4.90 Å². The molecule has 0 fully saturated rings. The van der Waals surface area contributed by atoms with Crippen LogP contribution < -0.4 is 4.74 Å². The Labute approximate surface area is 116 Å². The van der Waals surface area contributed by atoms with Crippen LogP contribution in [0.5, 0.6) is 5.75 Å². The van der Waals surface area contributed by atoms with Gasteiger partial charge in [-0.25, -0.2) is 0 Å². The van der Waals surface area contributed by atoms with Crippen LogP contribution in [0, 0.1) is 0 Å². The van der Waals surface area contributed by atoms with Crippen molar-refractivity contribution in [2.24, 2.45) is 0 Å². The van der Waals surface area contributed by atoms with Crippen LogP contribution >= 0.6 is 15.9 Å². The van der Waals surface area contributed by atoms with Gasteiger partial charge < -0.3 is 14.4 Å². The number of hydrogen-bond donors (Lipinski definition) is 0. The maximum atomic E-state index is 12.2. The Morgan fingerprint density at radius 3 is 2.72 bits per heavy atom. The number of methoxy groups -OCH3 is 2. The van der Waals surface area contributed by atoms with Crippen molar-refractivity contribution in [1.29, 1.82) is 0 Å². The lowest BCUT2D eigenvalue weighted by Gasteiger charge is -2.18. The molecule has 1 amide bonds. The predicted molar refractivity (Wildman–Crippen MR) is 74.1 cm³/mol. The average Bonchev–Trinajstić information content (AvgIpc) is 2.38. The van der Waals surface area contributed by atoms with Gasteiger partial charge in [-0.2, -0.15) is 0 Å². The summed E-state index contributed by atoms with van der Waals surface area (Å²) in [4.78, 5) is 13.9. The molecule has 1 aromatic rings. The minimum Gasteiger partial charge on any atom is -0.497 e. The van der Waals surface area contributed by atoms with Crippen molar-refractivity contribution in [2.75, 3.05) is 34.4 Å². The van der Waals surface area contributed by atoms with E-state index in [1.54, 1.807) is 32.2 Å². The molecule has 0 saturated heterocycles. The lowest BCUT2D eigenvalue weighted by atomic mass is 10.2. The largest absolute Gasteiger partial charge is 0.497 e. The molecule has 0 saturated carbocycles. The van der Waals surface area contributed by atoms with Crippen molar-refractivity contribution in [3.63, 3.8) is 0 Å². The zero-order chi connectivity index (χ0) is 13.5. The molecule has 0 aliphatic rings. The highest BCUT2D eigenvalue weighted by atomic mass is 79.9. The number of carbonyl (C=O) groups is 1. The monoisotopic (exact) mass is 315 g/mol. The lowest BCUT2D eigenvalue weighted by molar-refractivity contribution is 0.0778. The number of ether oxygens (including phenoxy) is 2. The van der Waals surface area contributed by atoms with E-state index in [1.165, 1.54) is 0 Å². The lowest BCUT2D eigenvalue weighted by Crippen LogP contribution is -2.28. The Kier molecular flexibility index (Phi) is 6.15. The molecule has 0 unspecified atom stereocenters. The maximum absolute atomic E-state index is 12.2. The van der Waals surface area contributed by atoms with E-state index in [0.717, 1.165) is 10.9 Å². The Hall–Kier alpha value is -1.07. The fourth-order valence-corrected chi connectivity index (χ4v) is 1.96. The normalized spacial score (nSPS) is 10.2. The first-order valence-corrected chi connectivity index (χ1v) is 6.47. The predicted octanol–water partition coefficient (Wildman–Crippen LogP) is 2.57. The van der Waals surface area contributed by atoms with Crippen LogP contribution in [-0.4, -0.2) is 45.2 Å². The topological polar surface area (TPSA) is 38.8 Å². The van der Waals surface area contributed by atoms with Crippen LogP contribution in [0.1, 0.15) is 16.8 Å². The molecule has 0 aliphatic heterocycles. The first-order chi connectivity index (χ1) is 8.60. The molecule has 4 nitrogen and oxygen atoms in total. The van der Waals surface area contributed by atoms with E-state index in [-0.39, 0.29) is 5.91 Å². The van der Waals surface area contributed by atoms with Crippen molar-refractivity contribution in [3.8, 4) is 5.75 Å². The van der Waals surface area contributed by atoms with Crippen molar-refractivity contribution >= 4 is 21.8 Å². The Bertz CT molecular complexity index is 409. The zero-order valence-electron chi connectivity index (χ0n) is 10.9. The highest BCUT2D eigenvalue weighted by Crippen LogP contribution is 2.23. The van der Waals surface area contributed by atoms with Crippen molar-refractivity contribution in [2.45, 2.75) is 6.42 Å². The standard InChI is InChI=1S/C13H18BrNO3/c1-15(7-4-8-17-2)13(16)11-9-10(18-3)5-6-12(11)14/h5-6,9H,4,7-8H2,1-3H3.